The summed E-state index contributed by atoms with van der Waals surface area (Å²) >= 11 is 0. The molecule has 1 unspecified atom stereocenters. The van der Waals surface area contributed by atoms with Gasteiger partial charge in [-0.15, -0.1) is 0 Å². The first-order valence-corrected chi connectivity index (χ1v) is 7.17. The van der Waals surface area contributed by atoms with Gasteiger partial charge in [0.25, 0.3) is 0 Å². The van der Waals surface area contributed by atoms with Crippen LogP contribution in [0.4, 0.5) is 0 Å². The summed E-state index contributed by atoms with van der Waals surface area (Å²) in [6.07, 6.45) is 0.936. The van der Waals surface area contributed by atoms with Gasteiger partial charge in [-0.25, -0.2) is 0 Å². The van der Waals surface area contributed by atoms with Crippen molar-refractivity contribution >= 4 is 5.91 Å². The second-order valence-corrected chi connectivity index (χ2v) is 5.60. The molecule has 0 saturated carbocycles. The molecule has 0 spiro atoms. The predicted octanol–water partition coefficient (Wildman–Crippen LogP) is 2.43. The summed E-state index contributed by atoms with van der Waals surface area (Å²) in [4.78, 5) is 11.6. The number of amides is 1. The van der Waals surface area contributed by atoms with E-state index in [4.69, 9.17) is 10.5 Å². The van der Waals surface area contributed by atoms with Crippen molar-refractivity contribution in [2.24, 2.45) is 5.73 Å². The van der Waals surface area contributed by atoms with Crippen molar-refractivity contribution in [2.75, 3.05) is 13.2 Å². The van der Waals surface area contributed by atoms with Gasteiger partial charge in [-0.2, -0.15) is 0 Å². The zero-order valence-electron chi connectivity index (χ0n) is 12.9. The molecular formula is C16H26N2O2. The van der Waals surface area contributed by atoms with Gasteiger partial charge in [-0.3, -0.25) is 4.79 Å². The van der Waals surface area contributed by atoms with Gasteiger partial charge in [0.2, 0.25) is 5.91 Å². The molecule has 0 aromatic heterocycles. The maximum absolute atomic E-state index is 11.6. The Morgan fingerprint density at radius 3 is 2.60 bits per heavy atom. The maximum Gasteiger partial charge on any atom is 0.240 e. The molecule has 20 heavy (non-hydrogen) atoms. The normalized spacial score (nSPS) is 14.1. The quantitative estimate of drug-likeness (QED) is 0.767. The highest BCUT2D eigenvalue weighted by molar-refractivity contribution is 5.84. The van der Waals surface area contributed by atoms with E-state index in [2.05, 4.69) is 19.2 Å². The Hall–Kier alpha value is -1.55. The second-order valence-electron chi connectivity index (χ2n) is 5.60. The number of benzene rings is 1. The molecule has 0 saturated heterocycles. The molecule has 0 bridgehead atoms. The van der Waals surface area contributed by atoms with E-state index >= 15 is 0 Å². The summed E-state index contributed by atoms with van der Waals surface area (Å²) in [6, 6.07) is 7.89. The molecular weight excluding hydrogens is 252 g/mol. The van der Waals surface area contributed by atoms with Crippen LogP contribution in [0.25, 0.3) is 0 Å². The Morgan fingerprint density at radius 2 is 2.05 bits per heavy atom. The topological polar surface area (TPSA) is 64.3 Å². The lowest BCUT2D eigenvalue weighted by Gasteiger charge is -2.28. The molecule has 1 aromatic rings. The molecule has 1 atom stereocenters. The number of hydrogen-bond donors (Lipinski definition) is 2. The SMILES string of the molecule is CCCNC(C)(COc1ccccc1C(C)C)C(N)=O. The molecule has 3 N–H and O–H groups in total. The lowest BCUT2D eigenvalue weighted by atomic mass is 10.0. The average molecular weight is 278 g/mol. The Labute approximate surface area is 121 Å². The first kappa shape index (κ1) is 16.5. The molecule has 1 rings (SSSR count). The molecule has 1 amide bonds. The van der Waals surface area contributed by atoms with Gasteiger partial charge in [0.05, 0.1) is 0 Å². The van der Waals surface area contributed by atoms with Crippen molar-refractivity contribution in [1.29, 1.82) is 0 Å². The molecule has 0 radical (unpaired) electrons. The summed E-state index contributed by atoms with van der Waals surface area (Å²) in [5, 5.41) is 3.16. The first-order valence-electron chi connectivity index (χ1n) is 7.17. The molecule has 0 aliphatic heterocycles. The monoisotopic (exact) mass is 278 g/mol. The molecule has 4 heteroatoms. The van der Waals surface area contributed by atoms with Crippen LogP contribution in [0.3, 0.4) is 0 Å². The van der Waals surface area contributed by atoms with Gasteiger partial charge in [0, 0.05) is 0 Å². The average Bonchev–Trinajstić information content (AvgIpc) is 2.43. The Kier molecular flexibility index (Phi) is 6.02. The second kappa shape index (κ2) is 7.29. The highest BCUT2D eigenvalue weighted by Crippen LogP contribution is 2.26. The van der Waals surface area contributed by atoms with E-state index in [9.17, 15) is 4.79 Å². The fourth-order valence-electron chi connectivity index (χ4n) is 1.92. The van der Waals surface area contributed by atoms with E-state index < -0.39 is 11.4 Å². The molecule has 0 fully saturated rings. The van der Waals surface area contributed by atoms with Gasteiger partial charge in [0.1, 0.15) is 17.9 Å². The fourth-order valence-corrected chi connectivity index (χ4v) is 1.92. The van der Waals surface area contributed by atoms with Crippen LogP contribution in [0.15, 0.2) is 24.3 Å². The van der Waals surface area contributed by atoms with Crippen molar-refractivity contribution in [1.82, 2.24) is 5.32 Å². The van der Waals surface area contributed by atoms with Crippen molar-refractivity contribution in [3.8, 4) is 5.75 Å². The van der Waals surface area contributed by atoms with Gasteiger partial charge in [-0.05, 0) is 37.4 Å². The minimum absolute atomic E-state index is 0.228. The highest BCUT2D eigenvalue weighted by Gasteiger charge is 2.31. The van der Waals surface area contributed by atoms with Crippen molar-refractivity contribution in [3.05, 3.63) is 29.8 Å². The standard InChI is InChI=1S/C16H26N2O2/c1-5-10-18-16(4,15(17)19)11-20-14-9-7-6-8-13(14)12(2)3/h6-9,12,18H,5,10-11H2,1-4H3,(H2,17,19). The number of hydrogen-bond acceptors (Lipinski definition) is 3. The van der Waals surface area contributed by atoms with Crippen molar-refractivity contribution in [2.45, 2.75) is 45.6 Å². The highest BCUT2D eigenvalue weighted by atomic mass is 16.5. The first-order chi connectivity index (χ1) is 9.40. The van der Waals surface area contributed by atoms with Crippen molar-refractivity contribution < 1.29 is 9.53 Å². The number of nitrogens with two attached hydrogens (primary N) is 1. The molecule has 0 aliphatic rings. The van der Waals surface area contributed by atoms with E-state index in [0.29, 0.717) is 5.92 Å². The minimum Gasteiger partial charge on any atom is -0.491 e. The zero-order chi connectivity index (χ0) is 15.2. The Bertz CT molecular complexity index is 446. The largest absolute Gasteiger partial charge is 0.491 e. The minimum atomic E-state index is -0.847. The predicted molar refractivity (Wildman–Crippen MR) is 81.9 cm³/mol. The van der Waals surface area contributed by atoms with Crippen LogP contribution in [-0.2, 0) is 4.79 Å². The summed E-state index contributed by atoms with van der Waals surface area (Å²) in [7, 11) is 0. The van der Waals surface area contributed by atoms with E-state index in [-0.39, 0.29) is 6.61 Å². The number of rotatable bonds is 8. The van der Waals surface area contributed by atoms with E-state index in [0.717, 1.165) is 24.3 Å². The van der Waals surface area contributed by atoms with Crippen molar-refractivity contribution in [3.63, 3.8) is 0 Å². The third kappa shape index (κ3) is 4.23. The lowest BCUT2D eigenvalue weighted by Crippen LogP contribution is -2.57. The van der Waals surface area contributed by atoms with Gasteiger partial charge < -0.3 is 15.8 Å². The zero-order valence-corrected chi connectivity index (χ0v) is 12.9. The third-order valence-electron chi connectivity index (χ3n) is 3.37. The van der Waals surface area contributed by atoms with E-state index in [1.807, 2.05) is 31.2 Å². The molecule has 4 nitrogen and oxygen atoms in total. The Balaban J connectivity index is 2.80. The molecule has 1 aromatic carbocycles. The molecule has 0 aliphatic carbocycles. The van der Waals surface area contributed by atoms with Crippen LogP contribution in [0.5, 0.6) is 5.75 Å². The fraction of sp³-hybridized carbons (Fsp3) is 0.562. The number of para-hydroxylation sites is 1. The van der Waals surface area contributed by atoms with Gasteiger partial charge in [0.15, 0.2) is 0 Å². The van der Waals surface area contributed by atoms with Crippen LogP contribution in [0.2, 0.25) is 0 Å². The number of nitrogens with one attached hydrogen (secondary N) is 1. The number of carbonyl (C=O) groups is 1. The summed E-state index contributed by atoms with van der Waals surface area (Å²) in [5.74, 6) is 0.788. The number of ether oxygens (including phenoxy) is 1. The number of primary amides is 1. The number of carbonyl (C=O) groups excluding carboxylic acids is 1. The summed E-state index contributed by atoms with van der Waals surface area (Å²) in [6.45, 7) is 9.02. The third-order valence-corrected chi connectivity index (χ3v) is 3.37. The van der Waals surface area contributed by atoms with Crippen LogP contribution in [0.1, 0.15) is 45.6 Å². The molecule has 0 heterocycles. The Morgan fingerprint density at radius 1 is 1.40 bits per heavy atom. The van der Waals surface area contributed by atoms with E-state index in [1.165, 1.54) is 0 Å². The van der Waals surface area contributed by atoms with E-state index in [1.54, 1.807) is 6.92 Å². The van der Waals surface area contributed by atoms with Crippen LogP contribution in [-0.4, -0.2) is 24.6 Å². The van der Waals surface area contributed by atoms with Crippen LogP contribution < -0.4 is 15.8 Å². The smallest absolute Gasteiger partial charge is 0.240 e. The maximum atomic E-state index is 11.6. The van der Waals surface area contributed by atoms with Gasteiger partial charge in [-0.1, -0.05) is 39.0 Å². The molecule has 112 valence electrons. The van der Waals surface area contributed by atoms with Crippen LogP contribution in [0, 0.1) is 0 Å². The lowest BCUT2D eigenvalue weighted by molar-refractivity contribution is -0.125. The summed E-state index contributed by atoms with van der Waals surface area (Å²) in [5.41, 5.74) is 5.78. The summed E-state index contributed by atoms with van der Waals surface area (Å²) < 4.78 is 5.86. The van der Waals surface area contributed by atoms with Gasteiger partial charge >= 0.3 is 0 Å². The van der Waals surface area contributed by atoms with Crippen LogP contribution >= 0.6 is 0 Å².